The maximum absolute atomic E-state index is 11.0. The zero-order chi connectivity index (χ0) is 12.7. The first-order valence-corrected chi connectivity index (χ1v) is 6.81. The molecule has 1 aliphatic carbocycles. The quantitative estimate of drug-likeness (QED) is 0.506. The average Bonchev–Trinajstić information content (AvgIpc) is 2.74. The van der Waals surface area contributed by atoms with Gasteiger partial charge in [-0.3, -0.25) is 9.69 Å². The number of carbonyl (C=O) groups is 1. The molecule has 98 valence electrons. The van der Waals surface area contributed by atoms with Gasteiger partial charge in [-0.2, -0.15) is 0 Å². The van der Waals surface area contributed by atoms with Crippen molar-refractivity contribution in [1.29, 1.82) is 0 Å². The van der Waals surface area contributed by atoms with Crippen molar-refractivity contribution in [2.24, 2.45) is 11.5 Å². The second-order valence-electron chi connectivity index (χ2n) is 4.80. The summed E-state index contributed by atoms with van der Waals surface area (Å²) in [5.74, 6) is -0.230. The van der Waals surface area contributed by atoms with E-state index in [-0.39, 0.29) is 5.91 Å². The van der Waals surface area contributed by atoms with Crippen molar-refractivity contribution in [2.75, 3.05) is 13.1 Å². The number of unbranched alkanes of at least 4 members (excludes halogenated alkanes) is 1. The minimum atomic E-state index is -0.230. The molecule has 1 rings (SSSR count). The first kappa shape index (κ1) is 14.4. The lowest BCUT2D eigenvalue weighted by Gasteiger charge is -2.27. The van der Waals surface area contributed by atoms with Gasteiger partial charge in [0.25, 0.3) is 0 Å². The molecule has 0 aliphatic heterocycles. The topological polar surface area (TPSA) is 72.4 Å². The molecule has 1 amide bonds. The third-order valence-corrected chi connectivity index (χ3v) is 3.52. The molecule has 1 aliphatic rings. The second-order valence-corrected chi connectivity index (χ2v) is 5.32. The molecule has 0 aromatic heterocycles. The minimum absolute atomic E-state index is 0.230. The summed E-state index contributed by atoms with van der Waals surface area (Å²) < 4.78 is 0. The molecule has 0 saturated heterocycles. The van der Waals surface area contributed by atoms with Crippen LogP contribution in [0.3, 0.4) is 0 Å². The Morgan fingerprint density at radius 2 is 1.88 bits per heavy atom. The predicted molar refractivity (Wildman–Crippen MR) is 73.7 cm³/mol. The number of nitrogens with two attached hydrogens (primary N) is 2. The van der Waals surface area contributed by atoms with E-state index >= 15 is 0 Å². The molecule has 4 N–H and O–H groups in total. The van der Waals surface area contributed by atoms with E-state index in [4.69, 9.17) is 23.7 Å². The number of amides is 1. The van der Waals surface area contributed by atoms with E-state index in [2.05, 4.69) is 4.90 Å². The number of hydrogen-bond donors (Lipinski definition) is 2. The molecule has 17 heavy (non-hydrogen) atoms. The van der Waals surface area contributed by atoms with Gasteiger partial charge in [0.05, 0.1) is 11.5 Å². The minimum Gasteiger partial charge on any atom is -0.393 e. The summed E-state index contributed by atoms with van der Waals surface area (Å²) in [7, 11) is 0. The molecule has 0 bridgehead atoms. The number of carbonyl (C=O) groups excluding carboxylic acids is 1. The van der Waals surface area contributed by atoms with Crippen LogP contribution in [-0.2, 0) is 4.79 Å². The fourth-order valence-corrected chi connectivity index (χ4v) is 2.62. The molecule has 4 nitrogen and oxygen atoms in total. The summed E-state index contributed by atoms with van der Waals surface area (Å²) in [6, 6.07) is 0.548. The zero-order valence-corrected chi connectivity index (χ0v) is 11.2. The molecule has 5 heteroatoms. The van der Waals surface area contributed by atoms with E-state index in [1.165, 1.54) is 25.7 Å². The smallest absolute Gasteiger partial charge is 0.231 e. The number of rotatable bonds is 8. The lowest BCUT2D eigenvalue weighted by molar-refractivity contribution is -0.119. The molecule has 0 radical (unpaired) electrons. The van der Waals surface area contributed by atoms with Gasteiger partial charge in [0.1, 0.15) is 0 Å². The van der Waals surface area contributed by atoms with Crippen LogP contribution in [0.1, 0.15) is 44.9 Å². The van der Waals surface area contributed by atoms with Gasteiger partial charge in [-0.05, 0) is 38.6 Å². The Labute approximate surface area is 109 Å². The predicted octanol–water partition coefficient (Wildman–Crippen LogP) is 1.17. The number of nitrogens with zero attached hydrogens (tertiary/aromatic N) is 1. The van der Waals surface area contributed by atoms with Crippen LogP contribution in [0.5, 0.6) is 0 Å². The molecule has 1 fully saturated rings. The normalized spacial score (nSPS) is 16.5. The molecule has 0 spiro atoms. The van der Waals surface area contributed by atoms with Crippen LogP contribution < -0.4 is 11.5 Å². The fraction of sp³-hybridized carbons (Fsp3) is 0.833. The summed E-state index contributed by atoms with van der Waals surface area (Å²) in [5.41, 5.74) is 10.7. The highest BCUT2D eigenvalue weighted by Crippen LogP contribution is 2.23. The highest BCUT2D eigenvalue weighted by molar-refractivity contribution is 7.80. The van der Waals surface area contributed by atoms with Gasteiger partial charge in [0.2, 0.25) is 5.91 Å². The van der Waals surface area contributed by atoms with Crippen LogP contribution in [0.2, 0.25) is 0 Å². The van der Waals surface area contributed by atoms with Crippen LogP contribution in [0.4, 0.5) is 0 Å². The van der Waals surface area contributed by atoms with Crippen LogP contribution in [-0.4, -0.2) is 34.9 Å². The number of thiocarbonyl (C=S) groups is 1. The molecule has 1 saturated carbocycles. The fourth-order valence-electron chi connectivity index (χ4n) is 2.47. The first-order chi connectivity index (χ1) is 8.09. The van der Waals surface area contributed by atoms with Crippen molar-refractivity contribution in [3.63, 3.8) is 0 Å². The highest BCUT2D eigenvalue weighted by Gasteiger charge is 2.23. The summed E-state index contributed by atoms with van der Waals surface area (Å²) in [5, 5.41) is 0. The zero-order valence-electron chi connectivity index (χ0n) is 10.4. The molecular formula is C12H23N3OS. The van der Waals surface area contributed by atoms with E-state index in [9.17, 15) is 4.79 Å². The van der Waals surface area contributed by atoms with Crippen LogP contribution in [0, 0.1) is 0 Å². The van der Waals surface area contributed by atoms with E-state index < -0.39 is 0 Å². The van der Waals surface area contributed by atoms with Crippen molar-refractivity contribution in [2.45, 2.75) is 51.0 Å². The maximum atomic E-state index is 11.0. The first-order valence-electron chi connectivity index (χ1n) is 6.40. The van der Waals surface area contributed by atoms with E-state index in [1.807, 2.05) is 0 Å². The number of primary amides is 1. The van der Waals surface area contributed by atoms with Crippen LogP contribution >= 0.6 is 12.2 Å². The van der Waals surface area contributed by atoms with Gasteiger partial charge < -0.3 is 11.5 Å². The van der Waals surface area contributed by atoms with Gasteiger partial charge in [0, 0.05) is 6.04 Å². The third-order valence-electron chi connectivity index (χ3n) is 3.32. The number of hydrogen-bond acceptors (Lipinski definition) is 3. The van der Waals surface area contributed by atoms with Crippen LogP contribution in [0.15, 0.2) is 0 Å². The Hall–Kier alpha value is -0.680. The Morgan fingerprint density at radius 3 is 2.41 bits per heavy atom. The standard InChI is InChI=1S/C12H23N3OS/c13-11(16)9-15(10-5-1-2-6-10)8-4-3-7-12(14)17/h10H,1-9H2,(H2,13,16)(H2,14,17). The van der Waals surface area contributed by atoms with E-state index in [0.717, 1.165) is 25.8 Å². The van der Waals surface area contributed by atoms with Crippen molar-refractivity contribution in [3.8, 4) is 0 Å². The van der Waals surface area contributed by atoms with Crippen molar-refractivity contribution < 1.29 is 4.79 Å². The van der Waals surface area contributed by atoms with Crippen LogP contribution in [0.25, 0.3) is 0 Å². The van der Waals surface area contributed by atoms with Gasteiger partial charge >= 0.3 is 0 Å². The summed E-state index contributed by atoms with van der Waals surface area (Å²) in [4.78, 5) is 13.9. The van der Waals surface area contributed by atoms with Crippen molar-refractivity contribution in [3.05, 3.63) is 0 Å². The Morgan fingerprint density at radius 1 is 1.24 bits per heavy atom. The van der Waals surface area contributed by atoms with Crippen molar-refractivity contribution >= 4 is 23.1 Å². The Balaban J connectivity index is 2.29. The largest absolute Gasteiger partial charge is 0.393 e. The highest BCUT2D eigenvalue weighted by atomic mass is 32.1. The van der Waals surface area contributed by atoms with E-state index in [0.29, 0.717) is 17.6 Å². The lowest BCUT2D eigenvalue weighted by atomic mass is 10.1. The molecule has 0 aromatic rings. The van der Waals surface area contributed by atoms with Crippen molar-refractivity contribution in [1.82, 2.24) is 4.90 Å². The van der Waals surface area contributed by atoms with Gasteiger partial charge in [-0.25, -0.2) is 0 Å². The molecule has 0 heterocycles. The monoisotopic (exact) mass is 257 g/mol. The Bertz CT molecular complexity index is 264. The molecular weight excluding hydrogens is 234 g/mol. The summed E-state index contributed by atoms with van der Waals surface area (Å²) >= 11 is 4.84. The van der Waals surface area contributed by atoms with Gasteiger partial charge in [0.15, 0.2) is 0 Å². The molecule has 0 atom stereocenters. The van der Waals surface area contributed by atoms with Gasteiger partial charge in [-0.1, -0.05) is 25.1 Å². The van der Waals surface area contributed by atoms with Gasteiger partial charge in [-0.15, -0.1) is 0 Å². The molecule has 0 aromatic carbocycles. The SMILES string of the molecule is NC(=O)CN(CCCCC(N)=S)C1CCCC1. The lowest BCUT2D eigenvalue weighted by Crippen LogP contribution is -2.40. The third kappa shape index (κ3) is 5.98. The summed E-state index contributed by atoms with van der Waals surface area (Å²) in [6.07, 6.45) is 7.76. The average molecular weight is 257 g/mol. The second kappa shape index (κ2) is 7.61. The van der Waals surface area contributed by atoms with E-state index in [1.54, 1.807) is 0 Å². The molecule has 0 unspecified atom stereocenters. The Kier molecular flexibility index (Phi) is 6.44. The maximum Gasteiger partial charge on any atom is 0.231 e. The summed E-state index contributed by atoms with van der Waals surface area (Å²) in [6.45, 7) is 1.31.